The molecular formula is C10H12ClF2N3. The van der Waals surface area contributed by atoms with E-state index in [0.717, 1.165) is 0 Å². The number of hydrogen-bond acceptors (Lipinski definition) is 3. The summed E-state index contributed by atoms with van der Waals surface area (Å²) in [5.41, 5.74) is 0. The largest absolute Gasteiger partial charge is 0.367 e. The van der Waals surface area contributed by atoms with Crippen LogP contribution in [0.1, 0.15) is 25.7 Å². The van der Waals surface area contributed by atoms with E-state index in [2.05, 4.69) is 15.3 Å². The Balaban J connectivity index is 1.92. The fraction of sp³-hybridized carbons (Fsp3) is 0.600. The molecule has 6 heteroatoms. The third kappa shape index (κ3) is 3.01. The van der Waals surface area contributed by atoms with E-state index in [1.54, 1.807) is 6.07 Å². The molecule has 1 aromatic rings. The van der Waals surface area contributed by atoms with Crippen LogP contribution in [0.4, 0.5) is 14.6 Å². The van der Waals surface area contributed by atoms with E-state index >= 15 is 0 Å². The quantitative estimate of drug-likeness (QED) is 0.816. The Morgan fingerprint density at radius 1 is 1.31 bits per heavy atom. The van der Waals surface area contributed by atoms with Gasteiger partial charge in [0.05, 0.1) is 0 Å². The number of aromatic nitrogens is 2. The summed E-state index contributed by atoms with van der Waals surface area (Å²) in [7, 11) is 0. The van der Waals surface area contributed by atoms with E-state index in [-0.39, 0.29) is 18.9 Å². The highest BCUT2D eigenvalue weighted by Gasteiger charge is 2.34. The van der Waals surface area contributed by atoms with Crippen LogP contribution in [-0.2, 0) is 0 Å². The average molecular weight is 248 g/mol. The van der Waals surface area contributed by atoms with E-state index in [1.165, 1.54) is 6.33 Å². The normalized spacial score (nSPS) is 20.7. The Labute approximate surface area is 97.2 Å². The lowest BCUT2D eigenvalue weighted by atomic mass is 9.92. The molecule has 0 aromatic carbocycles. The maximum Gasteiger partial charge on any atom is 0.248 e. The van der Waals surface area contributed by atoms with Gasteiger partial charge in [0.2, 0.25) is 5.92 Å². The van der Waals surface area contributed by atoms with Crippen LogP contribution in [0.15, 0.2) is 12.4 Å². The maximum absolute atomic E-state index is 12.9. The minimum absolute atomic E-state index is 0.0468. The fourth-order valence-corrected chi connectivity index (χ4v) is 1.95. The zero-order valence-corrected chi connectivity index (χ0v) is 9.34. The Morgan fingerprint density at radius 2 is 2.00 bits per heavy atom. The van der Waals surface area contributed by atoms with Crippen molar-refractivity contribution in [1.82, 2.24) is 9.97 Å². The third-order valence-corrected chi connectivity index (χ3v) is 2.91. The number of nitrogens with one attached hydrogen (secondary N) is 1. The summed E-state index contributed by atoms with van der Waals surface area (Å²) in [6, 6.07) is 1.64. The molecule has 1 fully saturated rings. The fourth-order valence-electron chi connectivity index (χ4n) is 1.81. The van der Waals surface area contributed by atoms with Crippen molar-refractivity contribution in [3.05, 3.63) is 17.5 Å². The summed E-state index contributed by atoms with van der Waals surface area (Å²) < 4.78 is 25.8. The first-order valence-electron chi connectivity index (χ1n) is 5.17. The highest BCUT2D eigenvalue weighted by molar-refractivity contribution is 6.29. The smallest absolute Gasteiger partial charge is 0.248 e. The predicted octanol–water partition coefficient (Wildman–Crippen LogP) is 3.12. The molecule has 0 saturated heterocycles. The van der Waals surface area contributed by atoms with Gasteiger partial charge in [0, 0.05) is 24.9 Å². The van der Waals surface area contributed by atoms with Gasteiger partial charge in [-0.2, -0.15) is 0 Å². The molecule has 0 atom stereocenters. The number of anilines is 1. The SMILES string of the molecule is FC1(F)CCC(Nc2cc(Cl)ncn2)CC1. The second-order valence-electron chi connectivity index (χ2n) is 4.00. The lowest BCUT2D eigenvalue weighted by molar-refractivity contribution is -0.0361. The third-order valence-electron chi connectivity index (χ3n) is 2.70. The van der Waals surface area contributed by atoms with Crippen molar-refractivity contribution in [2.75, 3.05) is 5.32 Å². The lowest BCUT2D eigenvalue weighted by Gasteiger charge is -2.29. The van der Waals surface area contributed by atoms with Crippen LogP contribution in [0.3, 0.4) is 0 Å². The van der Waals surface area contributed by atoms with Crippen molar-refractivity contribution >= 4 is 17.4 Å². The highest BCUT2D eigenvalue weighted by Crippen LogP contribution is 2.34. The van der Waals surface area contributed by atoms with Crippen molar-refractivity contribution in [1.29, 1.82) is 0 Å². The van der Waals surface area contributed by atoms with E-state index in [9.17, 15) is 8.78 Å². The second-order valence-corrected chi connectivity index (χ2v) is 4.39. The molecule has 0 amide bonds. The van der Waals surface area contributed by atoms with Crippen molar-refractivity contribution in [3.8, 4) is 0 Å². The van der Waals surface area contributed by atoms with Crippen molar-refractivity contribution in [3.63, 3.8) is 0 Å². The van der Waals surface area contributed by atoms with Gasteiger partial charge < -0.3 is 5.32 Å². The molecule has 1 N–H and O–H groups in total. The molecule has 1 aliphatic rings. The van der Waals surface area contributed by atoms with Gasteiger partial charge in [0.1, 0.15) is 17.3 Å². The standard InChI is InChI=1S/C10H12ClF2N3/c11-8-5-9(15-6-14-8)16-7-1-3-10(12,13)4-2-7/h5-7H,1-4H2,(H,14,15,16). The monoisotopic (exact) mass is 247 g/mol. The van der Waals surface area contributed by atoms with Gasteiger partial charge in [-0.05, 0) is 12.8 Å². The van der Waals surface area contributed by atoms with Gasteiger partial charge in [-0.1, -0.05) is 11.6 Å². The molecule has 0 radical (unpaired) electrons. The van der Waals surface area contributed by atoms with Gasteiger partial charge in [0.15, 0.2) is 0 Å². The molecule has 88 valence electrons. The Hall–Kier alpha value is -0.970. The molecule has 1 aromatic heterocycles. The minimum atomic E-state index is -2.50. The number of alkyl halides is 2. The minimum Gasteiger partial charge on any atom is -0.367 e. The van der Waals surface area contributed by atoms with Crippen LogP contribution in [-0.4, -0.2) is 21.9 Å². The highest BCUT2D eigenvalue weighted by atomic mass is 35.5. The van der Waals surface area contributed by atoms with Gasteiger partial charge in [-0.3, -0.25) is 0 Å². The molecule has 1 saturated carbocycles. The molecule has 16 heavy (non-hydrogen) atoms. The maximum atomic E-state index is 12.9. The summed E-state index contributed by atoms with van der Waals surface area (Å²) in [5.74, 6) is -1.91. The number of halogens is 3. The van der Waals surface area contributed by atoms with Crippen molar-refractivity contribution in [2.24, 2.45) is 0 Å². The molecular weight excluding hydrogens is 236 g/mol. The Kier molecular flexibility index (Phi) is 3.23. The Morgan fingerprint density at radius 3 is 2.62 bits per heavy atom. The van der Waals surface area contributed by atoms with Crippen molar-refractivity contribution < 1.29 is 8.78 Å². The van der Waals surface area contributed by atoms with Crippen LogP contribution < -0.4 is 5.32 Å². The molecule has 3 nitrogen and oxygen atoms in total. The number of rotatable bonds is 2. The first-order chi connectivity index (χ1) is 7.55. The predicted molar refractivity (Wildman–Crippen MR) is 57.9 cm³/mol. The summed E-state index contributed by atoms with van der Waals surface area (Å²) in [6.45, 7) is 0. The molecule has 1 heterocycles. The lowest BCUT2D eigenvalue weighted by Crippen LogP contribution is -2.32. The molecule has 2 rings (SSSR count). The number of hydrogen-bond donors (Lipinski definition) is 1. The molecule has 0 unspecified atom stereocenters. The average Bonchev–Trinajstić information content (AvgIpc) is 2.21. The summed E-state index contributed by atoms with van der Waals surface area (Å²) >= 11 is 5.70. The van der Waals surface area contributed by atoms with E-state index < -0.39 is 5.92 Å². The van der Waals surface area contributed by atoms with Crippen molar-refractivity contribution in [2.45, 2.75) is 37.6 Å². The second kappa shape index (κ2) is 4.49. The topological polar surface area (TPSA) is 37.8 Å². The van der Waals surface area contributed by atoms with Gasteiger partial charge in [0.25, 0.3) is 0 Å². The van der Waals surface area contributed by atoms with E-state index in [4.69, 9.17) is 11.6 Å². The van der Waals surface area contributed by atoms with E-state index in [0.29, 0.717) is 23.8 Å². The van der Waals surface area contributed by atoms with Gasteiger partial charge in [-0.25, -0.2) is 18.7 Å². The van der Waals surface area contributed by atoms with Crippen LogP contribution in [0.5, 0.6) is 0 Å². The first kappa shape index (κ1) is 11.5. The summed E-state index contributed by atoms with van der Waals surface area (Å²) in [5, 5.41) is 3.44. The zero-order valence-electron chi connectivity index (χ0n) is 8.59. The molecule has 1 aliphatic carbocycles. The number of nitrogens with zero attached hydrogens (tertiary/aromatic N) is 2. The van der Waals surface area contributed by atoms with Crippen LogP contribution in [0, 0.1) is 0 Å². The molecule has 0 aliphatic heterocycles. The summed E-state index contributed by atoms with van der Waals surface area (Å²) in [4.78, 5) is 7.73. The van der Waals surface area contributed by atoms with E-state index in [1.807, 2.05) is 0 Å². The first-order valence-corrected chi connectivity index (χ1v) is 5.55. The van der Waals surface area contributed by atoms with Crippen LogP contribution >= 0.6 is 11.6 Å². The summed E-state index contributed by atoms with van der Waals surface area (Å²) in [6.07, 6.45) is 2.12. The van der Waals surface area contributed by atoms with Gasteiger partial charge in [-0.15, -0.1) is 0 Å². The van der Waals surface area contributed by atoms with Crippen LogP contribution in [0.25, 0.3) is 0 Å². The van der Waals surface area contributed by atoms with Gasteiger partial charge >= 0.3 is 0 Å². The van der Waals surface area contributed by atoms with Crippen LogP contribution in [0.2, 0.25) is 5.15 Å². The zero-order chi connectivity index (χ0) is 11.6. The molecule has 0 bridgehead atoms. The molecule has 0 spiro atoms. The Bertz CT molecular complexity index is 363.